The third kappa shape index (κ3) is 7.97. The van der Waals surface area contributed by atoms with Gasteiger partial charge in [-0.2, -0.15) is 0 Å². The molecule has 0 bridgehead atoms. The highest BCUT2D eigenvalue weighted by Crippen LogP contribution is 2.16. The van der Waals surface area contributed by atoms with Crippen molar-refractivity contribution in [3.05, 3.63) is 140 Å². The van der Waals surface area contributed by atoms with E-state index in [1.165, 1.54) is 0 Å². The fraction of sp³-hybridized carbons (Fsp3) is 0.303. The number of aromatic amines is 1. The number of rotatable bonds is 14. The Morgan fingerprint density at radius 3 is 1.70 bits per heavy atom. The number of hydrogen-bond acceptors (Lipinski definition) is 5. The van der Waals surface area contributed by atoms with E-state index in [9.17, 15) is 14.4 Å². The van der Waals surface area contributed by atoms with Crippen molar-refractivity contribution in [1.29, 1.82) is 0 Å². The fourth-order valence-electron chi connectivity index (χ4n) is 4.61. The van der Waals surface area contributed by atoms with Crippen molar-refractivity contribution < 1.29 is 14.3 Å². The Labute approximate surface area is 234 Å². The quantitative estimate of drug-likeness (QED) is 0.247. The lowest BCUT2D eigenvalue weighted by Crippen LogP contribution is -2.42. The van der Waals surface area contributed by atoms with Crippen LogP contribution in [0.3, 0.4) is 0 Å². The standard InChI is InChI=1S/C33H36N2O5/c1-24(2)31-29(18-25-12-6-3-7-13-25)34-33(38)35(32(31)37)19-30(36)28(22-39-20-26-14-8-4-9-15-26)23-40-21-27-16-10-5-11-17-27/h3-17,24,28H,18-23H2,1-2H3,(H,34,38). The van der Waals surface area contributed by atoms with Gasteiger partial charge < -0.3 is 14.5 Å². The molecule has 0 fully saturated rings. The Morgan fingerprint density at radius 2 is 1.23 bits per heavy atom. The van der Waals surface area contributed by atoms with Crippen molar-refractivity contribution in [2.45, 2.75) is 45.9 Å². The van der Waals surface area contributed by atoms with Crippen LogP contribution in [-0.2, 0) is 40.4 Å². The number of nitrogens with one attached hydrogen (secondary N) is 1. The summed E-state index contributed by atoms with van der Waals surface area (Å²) in [7, 11) is 0. The maximum absolute atomic E-state index is 13.5. The van der Waals surface area contributed by atoms with E-state index in [1.807, 2.05) is 105 Å². The maximum atomic E-state index is 13.5. The minimum absolute atomic E-state index is 0.109. The molecular formula is C33H36N2O5. The van der Waals surface area contributed by atoms with Crippen molar-refractivity contribution in [1.82, 2.24) is 9.55 Å². The first-order chi connectivity index (χ1) is 19.4. The number of nitrogens with zero attached hydrogens (tertiary/aromatic N) is 1. The number of carbonyl (C=O) groups excluding carboxylic acids is 1. The molecule has 0 atom stereocenters. The zero-order chi connectivity index (χ0) is 28.3. The molecule has 0 saturated carbocycles. The molecule has 0 unspecified atom stereocenters. The Morgan fingerprint density at radius 1 is 0.750 bits per heavy atom. The van der Waals surface area contributed by atoms with E-state index >= 15 is 0 Å². The Balaban J connectivity index is 1.52. The molecule has 7 nitrogen and oxygen atoms in total. The minimum atomic E-state index is -0.648. The summed E-state index contributed by atoms with van der Waals surface area (Å²) in [5.74, 6) is -1.08. The molecule has 0 aliphatic heterocycles. The monoisotopic (exact) mass is 540 g/mol. The van der Waals surface area contributed by atoms with Crippen LogP contribution in [0.25, 0.3) is 0 Å². The van der Waals surface area contributed by atoms with Crippen LogP contribution < -0.4 is 11.2 Å². The minimum Gasteiger partial charge on any atom is -0.376 e. The topological polar surface area (TPSA) is 90.4 Å². The van der Waals surface area contributed by atoms with E-state index < -0.39 is 17.2 Å². The Bertz CT molecular complexity index is 1430. The van der Waals surface area contributed by atoms with Gasteiger partial charge in [0.25, 0.3) is 5.56 Å². The molecule has 1 N–H and O–H groups in total. The molecule has 0 saturated heterocycles. The molecule has 0 aliphatic rings. The Hall–Kier alpha value is -4.07. The lowest BCUT2D eigenvalue weighted by molar-refractivity contribution is -0.128. The van der Waals surface area contributed by atoms with Crippen LogP contribution in [0.2, 0.25) is 0 Å². The third-order valence-corrected chi connectivity index (χ3v) is 6.74. The summed E-state index contributed by atoms with van der Waals surface area (Å²) in [5.41, 5.74) is 3.01. The van der Waals surface area contributed by atoms with Crippen molar-refractivity contribution in [3.63, 3.8) is 0 Å². The van der Waals surface area contributed by atoms with Gasteiger partial charge in [-0.05, 0) is 22.6 Å². The number of hydrogen-bond donors (Lipinski definition) is 1. The first-order valence-corrected chi connectivity index (χ1v) is 13.6. The molecule has 4 aromatic rings. The van der Waals surface area contributed by atoms with E-state index in [1.54, 1.807) is 0 Å². The van der Waals surface area contributed by atoms with Gasteiger partial charge in [0.1, 0.15) is 0 Å². The molecule has 40 heavy (non-hydrogen) atoms. The number of ketones is 1. The lowest BCUT2D eigenvalue weighted by Gasteiger charge is -2.19. The van der Waals surface area contributed by atoms with Crippen LogP contribution in [0.5, 0.6) is 0 Å². The van der Waals surface area contributed by atoms with Gasteiger partial charge in [0.05, 0.1) is 38.9 Å². The highest BCUT2D eigenvalue weighted by Gasteiger charge is 2.24. The predicted octanol–water partition coefficient (Wildman–Crippen LogP) is 4.87. The second-order valence-corrected chi connectivity index (χ2v) is 10.2. The van der Waals surface area contributed by atoms with E-state index in [0.29, 0.717) is 30.9 Å². The number of aromatic nitrogens is 2. The molecule has 0 aliphatic carbocycles. The van der Waals surface area contributed by atoms with Crippen molar-refractivity contribution in [2.24, 2.45) is 5.92 Å². The summed E-state index contributed by atoms with van der Waals surface area (Å²) in [6.07, 6.45) is 0.427. The van der Waals surface area contributed by atoms with Crippen LogP contribution in [0.4, 0.5) is 0 Å². The highest BCUT2D eigenvalue weighted by atomic mass is 16.5. The normalized spacial score (nSPS) is 11.3. The summed E-state index contributed by atoms with van der Waals surface area (Å²) in [6.45, 7) is 4.37. The number of ether oxygens (including phenoxy) is 2. The highest BCUT2D eigenvalue weighted by molar-refractivity contribution is 5.81. The molecule has 3 aromatic carbocycles. The Kier molecular flexibility index (Phi) is 10.4. The van der Waals surface area contributed by atoms with Crippen molar-refractivity contribution >= 4 is 5.78 Å². The largest absolute Gasteiger partial charge is 0.376 e. The van der Waals surface area contributed by atoms with Crippen molar-refractivity contribution in [3.8, 4) is 0 Å². The molecule has 1 heterocycles. The van der Waals surface area contributed by atoms with Gasteiger partial charge in [-0.1, -0.05) is 105 Å². The second kappa shape index (κ2) is 14.4. The molecule has 0 spiro atoms. The van der Waals surface area contributed by atoms with Crippen LogP contribution in [0.1, 0.15) is 47.7 Å². The SMILES string of the molecule is CC(C)c1c(Cc2ccccc2)[nH]c(=O)n(CC(=O)C(COCc2ccccc2)COCc2ccccc2)c1=O. The van der Waals surface area contributed by atoms with E-state index in [0.717, 1.165) is 21.3 Å². The molecular weight excluding hydrogens is 504 g/mol. The fourth-order valence-corrected chi connectivity index (χ4v) is 4.61. The summed E-state index contributed by atoms with van der Waals surface area (Å²) < 4.78 is 12.8. The van der Waals surface area contributed by atoms with Gasteiger partial charge >= 0.3 is 5.69 Å². The summed E-state index contributed by atoms with van der Waals surface area (Å²) in [6, 6.07) is 29.0. The average molecular weight is 541 g/mol. The first kappa shape index (κ1) is 28.9. The number of H-pyrrole nitrogens is 1. The average Bonchev–Trinajstić information content (AvgIpc) is 2.95. The zero-order valence-corrected chi connectivity index (χ0v) is 23.0. The van der Waals surface area contributed by atoms with Gasteiger partial charge in [-0.3, -0.25) is 14.2 Å². The smallest absolute Gasteiger partial charge is 0.328 e. The maximum Gasteiger partial charge on any atom is 0.328 e. The third-order valence-electron chi connectivity index (χ3n) is 6.74. The predicted molar refractivity (Wildman–Crippen MR) is 155 cm³/mol. The molecule has 7 heteroatoms. The molecule has 0 radical (unpaired) electrons. The zero-order valence-electron chi connectivity index (χ0n) is 23.0. The van der Waals surface area contributed by atoms with Crippen molar-refractivity contribution in [2.75, 3.05) is 13.2 Å². The first-order valence-electron chi connectivity index (χ1n) is 13.6. The van der Waals surface area contributed by atoms with E-state index in [-0.39, 0.29) is 31.5 Å². The van der Waals surface area contributed by atoms with Gasteiger partial charge in [0.2, 0.25) is 0 Å². The molecule has 0 amide bonds. The summed E-state index contributed by atoms with van der Waals surface area (Å²) in [5, 5.41) is 0. The van der Waals surface area contributed by atoms with Gasteiger partial charge in [-0.25, -0.2) is 4.79 Å². The second-order valence-electron chi connectivity index (χ2n) is 10.2. The van der Waals surface area contributed by atoms with Gasteiger partial charge in [-0.15, -0.1) is 0 Å². The van der Waals surface area contributed by atoms with Crippen LogP contribution in [0, 0.1) is 5.92 Å². The van der Waals surface area contributed by atoms with E-state index in [2.05, 4.69) is 4.98 Å². The number of Topliss-reactive ketones (excluding diaryl/α,β-unsaturated/α-hetero) is 1. The lowest BCUT2D eigenvalue weighted by atomic mass is 9.98. The van der Waals surface area contributed by atoms with Gasteiger partial charge in [0, 0.05) is 17.7 Å². The summed E-state index contributed by atoms with van der Waals surface area (Å²) in [4.78, 5) is 43.0. The number of benzene rings is 3. The number of carbonyl (C=O) groups is 1. The van der Waals surface area contributed by atoms with E-state index in [4.69, 9.17) is 9.47 Å². The van der Waals surface area contributed by atoms with Gasteiger partial charge in [0.15, 0.2) is 5.78 Å². The molecule has 4 rings (SSSR count). The van der Waals surface area contributed by atoms with Crippen LogP contribution in [-0.4, -0.2) is 28.5 Å². The van der Waals surface area contributed by atoms with Crippen LogP contribution in [0.15, 0.2) is 101 Å². The molecule has 208 valence electrons. The molecule has 1 aromatic heterocycles. The summed E-state index contributed by atoms with van der Waals surface area (Å²) >= 11 is 0. The van der Waals surface area contributed by atoms with Crippen LogP contribution >= 0.6 is 0 Å².